The third-order valence-electron chi connectivity index (χ3n) is 3.11. The summed E-state index contributed by atoms with van der Waals surface area (Å²) >= 11 is 0. The zero-order chi connectivity index (χ0) is 14.7. The van der Waals surface area contributed by atoms with Gasteiger partial charge in [0.1, 0.15) is 11.9 Å². The number of nitriles is 1. The minimum absolute atomic E-state index is 0.0336. The van der Waals surface area contributed by atoms with Gasteiger partial charge in [-0.15, -0.1) is 0 Å². The van der Waals surface area contributed by atoms with Crippen LogP contribution in [-0.2, 0) is 4.79 Å². The van der Waals surface area contributed by atoms with E-state index < -0.39 is 11.9 Å². The standard InChI is InChI=1S/C15H16N4O/c1-9(2)14(15(17)20)19-13-7-10(8-16)11-5-3-4-6-12(11)18-13/h3-7,9,14H,1-2H3,(H2,17,20)(H,18,19). The predicted molar refractivity (Wildman–Crippen MR) is 77.9 cm³/mol. The maximum Gasteiger partial charge on any atom is 0.240 e. The number of primary amides is 1. The molecule has 0 fully saturated rings. The minimum Gasteiger partial charge on any atom is -0.368 e. The van der Waals surface area contributed by atoms with Crippen LogP contribution in [0.15, 0.2) is 30.3 Å². The lowest BCUT2D eigenvalue weighted by Crippen LogP contribution is -2.39. The molecule has 0 aliphatic heterocycles. The van der Waals surface area contributed by atoms with E-state index in [4.69, 9.17) is 5.73 Å². The van der Waals surface area contributed by atoms with Crippen LogP contribution in [0.4, 0.5) is 5.82 Å². The Morgan fingerprint density at radius 2 is 2.10 bits per heavy atom. The molecule has 0 saturated carbocycles. The van der Waals surface area contributed by atoms with Crippen LogP contribution in [0.2, 0.25) is 0 Å². The summed E-state index contributed by atoms with van der Waals surface area (Å²) in [6.45, 7) is 3.79. The SMILES string of the molecule is CC(C)C(Nc1cc(C#N)c2ccccc2n1)C(N)=O. The number of anilines is 1. The second-order valence-electron chi connectivity index (χ2n) is 4.95. The molecular weight excluding hydrogens is 252 g/mol. The Morgan fingerprint density at radius 1 is 1.40 bits per heavy atom. The first-order valence-corrected chi connectivity index (χ1v) is 6.38. The van der Waals surface area contributed by atoms with Gasteiger partial charge in [-0.3, -0.25) is 4.79 Å². The van der Waals surface area contributed by atoms with E-state index in [-0.39, 0.29) is 5.92 Å². The summed E-state index contributed by atoms with van der Waals surface area (Å²) in [5.41, 5.74) is 6.60. The molecular formula is C15H16N4O. The molecule has 0 radical (unpaired) electrons. The van der Waals surface area contributed by atoms with Gasteiger partial charge >= 0.3 is 0 Å². The van der Waals surface area contributed by atoms with E-state index in [2.05, 4.69) is 16.4 Å². The fourth-order valence-corrected chi connectivity index (χ4v) is 2.07. The van der Waals surface area contributed by atoms with Crippen LogP contribution in [0, 0.1) is 17.2 Å². The first-order valence-electron chi connectivity index (χ1n) is 6.38. The first kappa shape index (κ1) is 13.8. The van der Waals surface area contributed by atoms with Crippen LogP contribution in [0.5, 0.6) is 0 Å². The van der Waals surface area contributed by atoms with Crippen molar-refractivity contribution >= 4 is 22.6 Å². The summed E-state index contributed by atoms with van der Waals surface area (Å²) in [5, 5.41) is 13.0. The maximum atomic E-state index is 11.4. The highest BCUT2D eigenvalue weighted by Gasteiger charge is 2.20. The number of nitrogens with zero attached hydrogens (tertiary/aromatic N) is 2. The highest BCUT2D eigenvalue weighted by atomic mass is 16.1. The Balaban J connectivity index is 2.45. The number of amides is 1. The number of nitrogens with two attached hydrogens (primary N) is 1. The summed E-state index contributed by atoms with van der Waals surface area (Å²) in [4.78, 5) is 15.8. The molecule has 2 aromatic rings. The summed E-state index contributed by atoms with van der Waals surface area (Å²) in [6.07, 6.45) is 0. The molecule has 0 spiro atoms. The van der Waals surface area contributed by atoms with Crippen LogP contribution < -0.4 is 11.1 Å². The molecule has 0 bridgehead atoms. The molecule has 5 nitrogen and oxygen atoms in total. The second kappa shape index (κ2) is 5.57. The maximum absolute atomic E-state index is 11.4. The molecule has 1 unspecified atom stereocenters. The fraction of sp³-hybridized carbons (Fsp3) is 0.267. The molecule has 2 rings (SSSR count). The van der Waals surface area contributed by atoms with E-state index in [0.29, 0.717) is 16.9 Å². The Morgan fingerprint density at radius 3 is 2.70 bits per heavy atom. The smallest absolute Gasteiger partial charge is 0.240 e. The van der Waals surface area contributed by atoms with Crippen LogP contribution in [-0.4, -0.2) is 16.9 Å². The molecule has 1 amide bonds. The van der Waals surface area contributed by atoms with Crippen molar-refractivity contribution in [2.45, 2.75) is 19.9 Å². The second-order valence-corrected chi connectivity index (χ2v) is 4.95. The molecule has 5 heteroatoms. The number of nitrogens with one attached hydrogen (secondary N) is 1. The van der Waals surface area contributed by atoms with Gasteiger partial charge in [-0.05, 0) is 18.1 Å². The minimum atomic E-state index is -0.518. The van der Waals surface area contributed by atoms with Gasteiger partial charge < -0.3 is 11.1 Å². The van der Waals surface area contributed by atoms with E-state index in [1.165, 1.54) is 0 Å². The van der Waals surface area contributed by atoms with Crippen molar-refractivity contribution in [2.24, 2.45) is 11.7 Å². The summed E-state index contributed by atoms with van der Waals surface area (Å²) in [5.74, 6) is 0.0810. The number of hydrogen-bond donors (Lipinski definition) is 2. The molecule has 1 aromatic heterocycles. The number of carbonyl (C=O) groups is 1. The number of aromatic nitrogens is 1. The molecule has 3 N–H and O–H groups in total. The molecule has 0 aliphatic carbocycles. The van der Waals surface area contributed by atoms with E-state index in [1.807, 2.05) is 38.1 Å². The third-order valence-corrected chi connectivity index (χ3v) is 3.11. The Hall–Kier alpha value is -2.61. The molecule has 102 valence electrons. The van der Waals surface area contributed by atoms with Gasteiger partial charge in [0.25, 0.3) is 0 Å². The molecule has 1 atom stereocenters. The van der Waals surface area contributed by atoms with Crippen LogP contribution in [0.3, 0.4) is 0 Å². The Labute approximate surface area is 117 Å². The quantitative estimate of drug-likeness (QED) is 0.887. The van der Waals surface area contributed by atoms with Gasteiger partial charge in [0.15, 0.2) is 0 Å². The number of para-hydroxylation sites is 1. The van der Waals surface area contributed by atoms with E-state index >= 15 is 0 Å². The highest BCUT2D eigenvalue weighted by molar-refractivity contribution is 5.87. The number of benzene rings is 1. The van der Waals surface area contributed by atoms with E-state index in [9.17, 15) is 10.1 Å². The molecule has 20 heavy (non-hydrogen) atoms. The number of hydrogen-bond acceptors (Lipinski definition) is 4. The van der Waals surface area contributed by atoms with Crippen molar-refractivity contribution in [2.75, 3.05) is 5.32 Å². The van der Waals surface area contributed by atoms with Gasteiger partial charge in [0.2, 0.25) is 5.91 Å². The summed E-state index contributed by atoms with van der Waals surface area (Å²) in [6, 6.07) is 10.7. The summed E-state index contributed by atoms with van der Waals surface area (Å²) < 4.78 is 0. The van der Waals surface area contributed by atoms with Gasteiger partial charge in [0, 0.05) is 5.39 Å². The van der Waals surface area contributed by atoms with Crippen molar-refractivity contribution in [3.8, 4) is 6.07 Å². The zero-order valence-corrected chi connectivity index (χ0v) is 11.4. The average Bonchev–Trinajstić information content (AvgIpc) is 2.43. The Kier molecular flexibility index (Phi) is 3.85. The largest absolute Gasteiger partial charge is 0.368 e. The van der Waals surface area contributed by atoms with E-state index in [1.54, 1.807) is 6.07 Å². The number of rotatable bonds is 4. The summed E-state index contributed by atoms with van der Waals surface area (Å²) in [7, 11) is 0. The number of carbonyl (C=O) groups excluding carboxylic acids is 1. The monoisotopic (exact) mass is 268 g/mol. The van der Waals surface area contributed by atoms with Gasteiger partial charge in [-0.2, -0.15) is 5.26 Å². The van der Waals surface area contributed by atoms with Crippen LogP contribution in [0.1, 0.15) is 19.4 Å². The van der Waals surface area contributed by atoms with Crippen molar-refractivity contribution in [1.29, 1.82) is 5.26 Å². The lowest BCUT2D eigenvalue weighted by atomic mass is 10.0. The average molecular weight is 268 g/mol. The van der Waals surface area contributed by atoms with Crippen molar-refractivity contribution in [1.82, 2.24) is 4.98 Å². The number of fused-ring (bicyclic) bond motifs is 1. The molecule has 0 saturated heterocycles. The Bertz CT molecular complexity index is 688. The van der Waals surface area contributed by atoms with Crippen LogP contribution in [0.25, 0.3) is 10.9 Å². The molecule has 0 aliphatic rings. The van der Waals surface area contributed by atoms with Gasteiger partial charge in [0.05, 0.1) is 17.1 Å². The molecule has 1 heterocycles. The lowest BCUT2D eigenvalue weighted by Gasteiger charge is -2.19. The predicted octanol–water partition coefficient (Wildman–Crippen LogP) is 2.03. The topological polar surface area (TPSA) is 91.8 Å². The normalized spacial score (nSPS) is 12.1. The third kappa shape index (κ3) is 2.69. The molecule has 1 aromatic carbocycles. The van der Waals surface area contributed by atoms with E-state index in [0.717, 1.165) is 5.39 Å². The van der Waals surface area contributed by atoms with Crippen molar-refractivity contribution in [3.05, 3.63) is 35.9 Å². The van der Waals surface area contributed by atoms with Gasteiger partial charge in [-0.25, -0.2) is 4.98 Å². The first-order chi connectivity index (χ1) is 9.52. The van der Waals surface area contributed by atoms with Gasteiger partial charge in [-0.1, -0.05) is 32.0 Å². The number of pyridine rings is 1. The zero-order valence-electron chi connectivity index (χ0n) is 11.4. The highest BCUT2D eigenvalue weighted by Crippen LogP contribution is 2.21. The van der Waals surface area contributed by atoms with Crippen LogP contribution >= 0.6 is 0 Å². The fourth-order valence-electron chi connectivity index (χ4n) is 2.07. The lowest BCUT2D eigenvalue weighted by molar-refractivity contribution is -0.119. The van der Waals surface area contributed by atoms with Crippen molar-refractivity contribution < 1.29 is 4.79 Å². The van der Waals surface area contributed by atoms with Crippen molar-refractivity contribution in [3.63, 3.8) is 0 Å².